The molecule has 1 atom stereocenters. The van der Waals surface area contributed by atoms with Crippen LogP contribution in [0.3, 0.4) is 0 Å². The van der Waals surface area contributed by atoms with E-state index in [0.29, 0.717) is 29.9 Å². The molecular formula is C28H39FN4O2. The summed E-state index contributed by atoms with van der Waals surface area (Å²) in [6, 6.07) is 9.46. The maximum atomic E-state index is 15.2. The molecule has 2 aliphatic rings. The Hall–Kier alpha value is -2.51. The average molecular weight is 483 g/mol. The summed E-state index contributed by atoms with van der Waals surface area (Å²) in [6.45, 7) is 5.24. The van der Waals surface area contributed by atoms with Crippen molar-refractivity contribution in [2.75, 3.05) is 38.1 Å². The summed E-state index contributed by atoms with van der Waals surface area (Å²) in [7, 11) is 2.21. The van der Waals surface area contributed by atoms with E-state index >= 15 is 4.39 Å². The topological polar surface area (TPSA) is 68.7 Å². The smallest absolute Gasteiger partial charge is 0.269 e. The van der Waals surface area contributed by atoms with Gasteiger partial charge in [0.05, 0.1) is 11.8 Å². The number of pyridine rings is 1. The molecule has 1 aromatic carbocycles. The van der Waals surface area contributed by atoms with Crippen LogP contribution in [0.15, 0.2) is 36.5 Å². The number of benzene rings is 1. The monoisotopic (exact) mass is 482 g/mol. The summed E-state index contributed by atoms with van der Waals surface area (Å²) in [5, 5.41) is 12.5. The normalized spacial score (nSPS) is 22.9. The predicted octanol–water partition coefficient (Wildman–Crippen LogP) is 4.48. The molecule has 1 aliphatic heterocycles. The minimum Gasteiger partial charge on any atom is -0.393 e. The van der Waals surface area contributed by atoms with E-state index in [1.807, 2.05) is 25.1 Å². The largest absolute Gasteiger partial charge is 0.393 e. The summed E-state index contributed by atoms with van der Waals surface area (Å²) in [5.74, 6) is 0.142. The number of hydrogen-bond acceptors (Lipinski definition) is 5. The summed E-state index contributed by atoms with van der Waals surface area (Å²) in [6.07, 6.45) is 8.89. The highest BCUT2D eigenvalue weighted by Crippen LogP contribution is 2.31. The van der Waals surface area contributed by atoms with E-state index < -0.39 is 0 Å². The van der Waals surface area contributed by atoms with Crippen molar-refractivity contribution >= 4 is 11.6 Å². The van der Waals surface area contributed by atoms with Gasteiger partial charge in [0, 0.05) is 37.4 Å². The van der Waals surface area contributed by atoms with Gasteiger partial charge in [-0.3, -0.25) is 9.78 Å². The van der Waals surface area contributed by atoms with Crippen LogP contribution < -0.4 is 10.2 Å². The van der Waals surface area contributed by atoms with Crippen molar-refractivity contribution < 1.29 is 14.3 Å². The van der Waals surface area contributed by atoms with Gasteiger partial charge in [-0.25, -0.2) is 4.39 Å². The Labute approximate surface area is 208 Å². The molecule has 2 aromatic rings. The van der Waals surface area contributed by atoms with Gasteiger partial charge in [-0.1, -0.05) is 12.1 Å². The van der Waals surface area contributed by atoms with Crippen molar-refractivity contribution in [2.24, 2.45) is 5.92 Å². The van der Waals surface area contributed by atoms with Crippen LogP contribution in [0.2, 0.25) is 0 Å². The highest BCUT2D eigenvalue weighted by molar-refractivity contribution is 5.92. The van der Waals surface area contributed by atoms with Crippen molar-refractivity contribution in [3.8, 4) is 11.1 Å². The molecule has 0 spiro atoms. The van der Waals surface area contributed by atoms with E-state index in [1.54, 1.807) is 18.3 Å². The fraction of sp³-hybridized carbons (Fsp3) is 0.571. The van der Waals surface area contributed by atoms with Crippen LogP contribution in [0.25, 0.3) is 11.1 Å². The predicted molar refractivity (Wildman–Crippen MR) is 138 cm³/mol. The van der Waals surface area contributed by atoms with Gasteiger partial charge in [0.25, 0.3) is 5.91 Å². The lowest BCUT2D eigenvalue weighted by Crippen LogP contribution is -2.40. The number of piperidine rings is 1. The molecule has 1 saturated carbocycles. The zero-order valence-corrected chi connectivity index (χ0v) is 21.0. The van der Waals surface area contributed by atoms with Gasteiger partial charge in [0.2, 0.25) is 0 Å². The molecule has 1 saturated heterocycles. The molecule has 2 fully saturated rings. The third kappa shape index (κ3) is 6.58. The second kappa shape index (κ2) is 12.0. The van der Waals surface area contributed by atoms with Crippen molar-refractivity contribution in [2.45, 2.75) is 64.0 Å². The Morgan fingerprint density at radius 1 is 1.17 bits per heavy atom. The molecule has 0 radical (unpaired) electrons. The Morgan fingerprint density at radius 2 is 1.94 bits per heavy atom. The zero-order valence-electron chi connectivity index (χ0n) is 21.0. The minimum atomic E-state index is -0.214. The number of carbonyl (C=O) groups is 1. The van der Waals surface area contributed by atoms with Crippen molar-refractivity contribution in [1.82, 2.24) is 15.2 Å². The number of nitrogens with zero attached hydrogens (tertiary/aromatic N) is 3. The number of anilines is 1. The Balaban J connectivity index is 1.34. The van der Waals surface area contributed by atoms with E-state index in [-0.39, 0.29) is 17.8 Å². The SMILES string of the molecule is CCNC(=O)c1ccc(-c2ccc(N3CCCC(CCN(C)C4CCC(O)CC4)C3)c(F)c2)cn1. The van der Waals surface area contributed by atoms with Crippen LogP contribution in [0.1, 0.15) is 62.4 Å². The highest BCUT2D eigenvalue weighted by Gasteiger charge is 2.25. The lowest BCUT2D eigenvalue weighted by Gasteiger charge is -2.37. The zero-order chi connectivity index (χ0) is 24.8. The molecule has 1 aliphatic carbocycles. The minimum absolute atomic E-state index is 0.115. The Morgan fingerprint density at radius 3 is 2.63 bits per heavy atom. The highest BCUT2D eigenvalue weighted by atomic mass is 19.1. The van der Waals surface area contributed by atoms with Gasteiger partial charge < -0.3 is 20.2 Å². The molecule has 1 amide bonds. The fourth-order valence-electron chi connectivity index (χ4n) is 5.48. The van der Waals surface area contributed by atoms with Crippen molar-refractivity contribution in [1.29, 1.82) is 0 Å². The van der Waals surface area contributed by atoms with Gasteiger partial charge in [-0.05, 0) is 95.1 Å². The Kier molecular flexibility index (Phi) is 8.74. The molecule has 7 heteroatoms. The second-order valence-corrected chi connectivity index (χ2v) is 10.1. The van der Waals surface area contributed by atoms with Crippen LogP contribution in [-0.4, -0.2) is 66.3 Å². The van der Waals surface area contributed by atoms with E-state index in [9.17, 15) is 9.90 Å². The van der Waals surface area contributed by atoms with Gasteiger partial charge >= 0.3 is 0 Å². The first-order valence-corrected chi connectivity index (χ1v) is 13.1. The lowest BCUT2D eigenvalue weighted by molar-refractivity contribution is 0.0817. The number of carbonyl (C=O) groups excluding carboxylic acids is 1. The van der Waals surface area contributed by atoms with E-state index in [0.717, 1.165) is 69.3 Å². The first kappa shape index (κ1) is 25.6. The molecule has 2 heterocycles. The maximum Gasteiger partial charge on any atom is 0.269 e. The molecule has 1 aromatic heterocycles. The summed E-state index contributed by atoms with van der Waals surface area (Å²) in [4.78, 5) is 20.8. The Bertz CT molecular complexity index is 975. The number of halogens is 1. The van der Waals surface area contributed by atoms with Crippen LogP contribution in [-0.2, 0) is 0 Å². The van der Waals surface area contributed by atoms with E-state index in [4.69, 9.17) is 0 Å². The molecule has 35 heavy (non-hydrogen) atoms. The second-order valence-electron chi connectivity index (χ2n) is 10.1. The summed E-state index contributed by atoms with van der Waals surface area (Å²) in [5.41, 5.74) is 2.58. The van der Waals surface area contributed by atoms with Crippen LogP contribution in [0.5, 0.6) is 0 Å². The van der Waals surface area contributed by atoms with E-state index in [2.05, 4.69) is 27.1 Å². The van der Waals surface area contributed by atoms with Gasteiger partial charge in [-0.2, -0.15) is 0 Å². The fourth-order valence-corrected chi connectivity index (χ4v) is 5.48. The number of rotatable bonds is 8. The molecule has 4 rings (SSSR count). The van der Waals surface area contributed by atoms with E-state index in [1.165, 1.54) is 6.42 Å². The number of aromatic nitrogens is 1. The van der Waals surface area contributed by atoms with Gasteiger partial charge in [-0.15, -0.1) is 0 Å². The lowest BCUT2D eigenvalue weighted by atomic mass is 9.90. The third-order valence-corrected chi connectivity index (χ3v) is 7.65. The number of nitrogens with one attached hydrogen (secondary N) is 1. The van der Waals surface area contributed by atoms with Crippen molar-refractivity contribution in [3.63, 3.8) is 0 Å². The summed E-state index contributed by atoms with van der Waals surface area (Å²) >= 11 is 0. The van der Waals surface area contributed by atoms with Crippen LogP contribution in [0.4, 0.5) is 10.1 Å². The third-order valence-electron chi connectivity index (χ3n) is 7.65. The quantitative estimate of drug-likeness (QED) is 0.581. The van der Waals surface area contributed by atoms with Gasteiger partial charge in [0.15, 0.2) is 0 Å². The molecule has 6 nitrogen and oxygen atoms in total. The molecular weight excluding hydrogens is 443 g/mol. The van der Waals surface area contributed by atoms with Gasteiger partial charge in [0.1, 0.15) is 11.5 Å². The number of amides is 1. The van der Waals surface area contributed by atoms with Crippen molar-refractivity contribution in [3.05, 3.63) is 48.0 Å². The first-order valence-electron chi connectivity index (χ1n) is 13.1. The van der Waals surface area contributed by atoms with Crippen LogP contribution in [0, 0.1) is 11.7 Å². The van der Waals surface area contributed by atoms with Crippen LogP contribution >= 0.6 is 0 Å². The standard InChI is InChI=1S/C28H39FN4O2/c1-3-30-28(35)26-12-6-22(18-31-26)21-7-13-27(25(29)17-21)33-15-4-5-20(19-33)14-16-32(2)23-8-10-24(34)11-9-23/h6-7,12-13,17-18,20,23-24,34H,3-5,8-11,14-16,19H2,1-2H3,(H,30,35). The number of aliphatic hydroxyl groups excluding tert-OH is 1. The first-order chi connectivity index (χ1) is 16.9. The number of aliphatic hydroxyl groups is 1. The maximum absolute atomic E-state index is 15.2. The molecule has 0 bridgehead atoms. The molecule has 2 N–H and O–H groups in total. The molecule has 1 unspecified atom stereocenters. The summed E-state index contributed by atoms with van der Waals surface area (Å²) < 4.78 is 15.2. The number of hydrogen-bond donors (Lipinski definition) is 2. The average Bonchev–Trinajstić information content (AvgIpc) is 2.88. The molecule has 190 valence electrons.